The summed E-state index contributed by atoms with van der Waals surface area (Å²) in [5.41, 5.74) is 2.78. The van der Waals surface area contributed by atoms with Gasteiger partial charge in [-0.05, 0) is 69.4 Å². The van der Waals surface area contributed by atoms with Crippen molar-refractivity contribution < 1.29 is 0 Å². The molecule has 33 heavy (non-hydrogen) atoms. The Morgan fingerprint density at radius 2 is 1.06 bits per heavy atom. The number of hydrogen-bond donors (Lipinski definition) is 2. The predicted molar refractivity (Wildman–Crippen MR) is 143 cm³/mol. The molecule has 0 aliphatic carbocycles. The first-order chi connectivity index (χ1) is 16.4. The first-order valence-electron chi connectivity index (χ1n) is 12.5. The van der Waals surface area contributed by atoms with Crippen LogP contribution in [0, 0.1) is 0 Å². The van der Waals surface area contributed by atoms with Crippen LogP contribution in [0.2, 0.25) is 0 Å². The fourth-order valence-corrected chi connectivity index (χ4v) is 5.03. The van der Waals surface area contributed by atoms with Crippen LogP contribution in [0.15, 0.2) is 84.9 Å². The Hall–Kier alpha value is -2.94. The molecule has 168 valence electrons. The topological polar surface area (TPSA) is 24.1 Å². The Morgan fingerprint density at radius 3 is 1.82 bits per heavy atom. The van der Waals surface area contributed by atoms with Gasteiger partial charge < -0.3 is 10.6 Å². The van der Waals surface area contributed by atoms with Crippen LogP contribution >= 0.6 is 0 Å². The molecule has 0 heterocycles. The average Bonchev–Trinajstić information content (AvgIpc) is 2.87. The lowest BCUT2D eigenvalue weighted by Gasteiger charge is -2.14. The lowest BCUT2D eigenvalue weighted by atomic mass is 9.92. The van der Waals surface area contributed by atoms with Gasteiger partial charge in [-0.1, -0.05) is 104 Å². The first kappa shape index (κ1) is 21.9. The number of rotatable bonds is 12. The molecule has 0 amide bonds. The molecule has 0 spiro atoms. The predicted octanol–water partition coefficient (Wildman–Crippen LogP) is 7.41. The molecule has 5 aromatic rings. The number of unbranched alkanes of at least 4 members (excludes halogenated alkanes) is 4. The molecule has 0 bridgehead atoms. The Kier molecular flexibility index (Phi) is 7.15. The van der Waals surface area contributed by atoms with E-state index in [2.05, 4.69) is 95.6 Å². The molecule has 0 fully saturated rings. The minimum atomic E-state index is 0.942. The van der Waals surface area contributed by atoms with Crippen molar-refractivity contribution in [3.05, 3.63) is 96.1 Å². The smallest absolute Gasteiger partial charge is 0.0211 e. The summed E-state index contributed by atoms with van der Waals surface area (Å²) in [7, 11) is 0. The monoisotopic (exact) mass is 434 g/mol. The highest BCUT2D eigenvalue weighted by atomic mass is 14.8. The van der Waals surface area contributed by atoms with E-state index in [4.69, 9.17) is 0 Å². The van der Waals surface area contributed by atoms with Crippen molar-refractivity contribution in [2.24, 2.45) is 0 Å². The first-order valence-corrected chi connectivity index (χ1v) is 12.5. The molecular formula is C31H34N2. The maximum Gasteiger partial charge on any atom is 0.0211 e. The van der Waals surface area contributed by atoms with Crippen LogP contribution in [-0.4, -0.2) is 13.1 Å². The van der Waals surface area contributed by atoms with Crippen LogP contribution in [0.3, 0.4) is 0 Å². The minimum Gasteiger partial charge on any atom is -0.313 e. The van der Waals surface area contributed by atoms with Crippen molar-refractivity contribution in [1.82, 2.24) is 10.6 Å². The minimum absolute atomic E-state index is 0.942. The normalized spacial score (nSPS) is 11.8. The second kappa shape index (κ2) is 10.8. The van der Waals surface area contributed by atoms with Crippen molar-refractivity contribution in [3.63, 3.8) is 0 Å². The van der Waals surface area contributed by atoms with Crippen LogP contribution in [0.5, 0.6) is 0 Å². The molecule has 2 nitrogen and oxygen atoms in total. The van der Waals surface area contributed by atoms with Crippen molar-refractivity contribution >= 4 is 32.3 Å². The third-order valence-electron chi connectivity index (χ3n) is 6.81. The molecule has 0 aliphatic heterocycles. The molecule has 0 saturated heterocycles. The molecule has 0 aliphatic rings. The van der Waals surface area contributed by atoms with Gasteiger partial charge in [0.2, 0.25) is 0 Å². The van der Waals surface area contributed by atoms with Gasteiger partial charge in [0.1, 0.15) is 0 Å². The van der Waals surface area contributed by atoms with Gasteiger partial charge in [0, 0.05) is 13.1 Å². The van der Waals surface area contributed by atoms with E-state index in [-0.39, 0.29) is 0 Å². The largest absolute Gasteiger partial charge is 0.313 e. The number of hydrogen-bond acceptors (Lipinski definition) is 2. The Bertz CT molecular complexity index is 1280. The summed E-state index contributed by atoms with van der Waals surface area (Å²) in [6.07, 6.45) is 6.47. The van der Waals surface area contributed by atoms with Crippen molar-refractivity contribution in [2.75, 3.05) is 13.1 Å². The SMILES string of the molecule is c1ccc(CNCCCCCCCNCc2ccc3ccc4cccc5ccc2c3c45)cc1. The zero-order chi connectivity index (χ0) is 22.3. The zero-order valence-electron chi connectivity index (χ0n) is 19.4. The van der Waals surface area contributed by atoms with Crippen molar-refractivity contribution in [3.8, 4) is 0 Å². The Morgan fingerprint density at radius 1 is 0.455 bits per heavy atom. The summed E-state index contributed by atoms with van der Waals surface area (Å²) >= 11 is 0. The molecule has 0 saturated carbocycles. The maximum atomic E-state index is 3.69. The number of benzene rings is 5. The standard InChI is InChI=1S/C31H34N2/c1(2-7-20-32-22-24-10-5-4-6-11-24)3-8-21-33-23-28-17-16-27-15-14-25-12-9-13-26-18-19-29(28)31(27)30(25)26/h4-6,9-19,32-33H,1-3,7-8,20-23H2. The van der Waals surface area contributed by atoms with Crippen molar-refractivity contribution in [1.29, 1.82) is 0 Å². The van der Waals surface area contributed by atoms with E-state index in [1.54, 1.807) is 0 Å². The average molecular weight is 435 g/mol. The molecule has 0 aromatic heterocycles. The van der Waals surface area contributed by atoms with Gasteiger partial charge in [0.25, 0.3) is 0 Å². The van der Waals surface area contributed by atoms with E-state index < -0.39 is 0 Å². The Labute approximate surface area is 197 Å². The van der Waals surface area contributed by atoms with Crippen LogP contribution in [0.25, 0.3) is 32.3 Å². The lowest BCUT2D eigenvalue weighted by Crippen LogP contribution is -2.15. The van der Waals surface area contributed by atoms with Gasteiger partial charge in [-0.3, -0.25) is 0 Å². The van der Waals surface area contributed by atoms with Crippen LogP contribution in [0.4, 0.5) is 0 Å². The van der Waals surface area contributed by atoms with Gasteiger partial charge in [-0.2, -0.15) is 0 Å². The summed E-state index contributed by atoms with van der Waals surface area (Å²) in [5, 5.41) is 15.5. The van der Waals surface area contributed by atoms with E-state index in [1.807, 2.05) is 0 Å². The van der Waals surface area contributed by atoms with E-state index in [0.29, 0.717) is 0 Å². The number of nitrogens with one attached hydrogen (secondary N) is 2. The summed E-state index contributed by atoms with van der Waals surface area (Å²) in [6.45, 7) is 4.13. The van der Waals surface area contributed by atoms with Crippen LogP contribution < -0.4 is 10.6 Å². The summed E-state index contributed by atoms with van der Waals surface area (Å²) in [4.78, 5) is 0. The zero-order valence-corrected chi connectivity index (χ0v) is 19.4. The maximum absolute atomic E-state index is 3.69. The lowest BCUT2D eigenvalue weighted by molar-refractivity contribution is 0.556. The molecule has 0 atom stereocenters. The Balaban J connectivity index is 1.04. The van der Waals surface area contributed by atoms with Gasteiger partial charge in [-0.25, -0.2) is 0 Å². The molecule has 5 aromatic carbocycles. The summed E-state index contributed by atoms with van der Waals surface area (Å²) in [6, 6.07) is 31.0. The third kappa shape index (κ3) is 5.19. The van der Waals surface area contributed by atoms with Gasteiger partial charge in [0.15, 0.2) is 0 Å². The van der Waals surface area contributed by atoms with Crippen LogP contribution in [-0.2, 0) is 13.1 Å². The highest BCUT2D eigenvalue weighted by molar-refractivity contribution is 6.23. The summed E-state index contributed by atoms with van der Waals surface area (Å²) < 4.78 is 0. The van der Waals surface area contributed by atoms with Crippen molar-refractivity contribution in [2.45, 2.75) is 45.2 Å². The van der Waals surface area contributed by atoms with Gasteiger partial charge >= 0.3 is 0 Å². The van der Waals surface area contributed by atoms with E-state index in [1.165, 1.54) is 75.5 Å². The fourth-order valence-electron chi connectivity index (χ4n) is 5.03. The van der Waals surface area contributed by atoms with Gasteiger partial charge in [-0.15, -0.1) is 0 Å². The molecule has 5 rings (SSSR count). The highest BCUT2D eigenvalue weighted by Crippen LogP contribution is 2.35. The molecule has 0 radical (unpaired) electrons. The molecule has 0 unspecified atom stereocenters. The molecule has 2 heteroatoms. The van der Waals surface area contributed by atoms with E-state index in [0.717, 1.165) is 26.2 Å². The summed E-state index contributed by atoms with van der Waals surface area (Å²) in [5.74, 6) is 0. The molecular weight excluding hydrogens is 400 g/mol. The quantitative estimate of drug-likeness (QED) is 0.158. The van der Waals surface area contributed by atoms with Crippen LogP contribution in [0.1, 0.15) is 43.2 Å². The second-order valence-electron chi connectivity index (χ2n) is 9.19. The second-order valence-corrected chi connectivity index (χ2v) is 9.19. The van der Waals surface area contributed by atoms with E-state index in [9.17, 15) is 0 Å². The van der Waals surface area contributed by atoms with Gasteiger partial charge in [0.05, 0.1) is 0 Å². The van der Waals surface area contributed by atoms with E-state index >= 15 is 0 Å². The fraction of sp³-hybridized carbons (Fsp3) is 0.290. The highest BCUT2D eigenvalue weighted by Gasteiger charge is 2.10. The molecule has 2 N–H and O–H groups in total. The third-order valence-corrected chi connectivity index (χ3v) is 6.81.